The van der Waals surface area contributed by atoms with Gasteiger partial charge in [0, 0.05) is 23.4 Å². The normalized spacial score (nSPS) is 14.9. The van der Waals surface area contributed by atoms with Crippen molar-refractivity contribution in [3.05, 3.63) is 70.2 Å². The van der Waals surface area contributed by atoms with Gasteiger partial charge in [0.15, 0.2) is 6.10 Å². The minimum Gasteiger partial charge on any atom is -0.451 e. The Labute approximate surface area is 167 Å². The van der Waals surface area contributed by atoms with Crippen LogP contribution in [0.5, 0.6) is 0 Å². The average Bonchev–Trinajstić information content (AvgIpc) is 3.00. The van der Waals surface area contributed by atoms with Crippen molar-refractivity contribution in [1.82, 2.24) is 4.90 Å². The predicted molar refractivity (Wildman–Crippen MR) is 102 cm³/mol. The number of esters is 1. The molecule has 0 spiro atoms. The summed E-state index contributed by atoms with van der Waals surface area (Å²) in [7, 11) is 0. The number of carbonyl (C=O) groups is 4. The molecule has 7 heteroatoms. The molecule has 1 aliphatic heterocycles. The van der Waals surface area contributed by atoms with Crippen molar-refractivity contribution in [2.45, 2.75) is 32.4 Å². The highest BCUT2D eigenvalue weighted by Gasteiger charge is 2.28. The molecule has 28 heavy (non-hydrogen) atoms. The molecule has 0 aromatic heterocycles. The van der Waals surface area contributed by atoms with Gasteiger partial charge in [-0.25, -0.2) is 4.79 Å². The third-order valence-corrected chi connectivity index (χ3v) is 4.72. The molecule has 0 N–H and O–H groups in total. The maximum absolute atomic E-state index is 12.3. The summed E-state index contributed by atoms with van der Waals surface area (Å²) in [6.45, 7) is 1.69. The second-order valence-corrected chi connectivity index (χ2v) is 6.93. The maximum Gasteiger partial charge on any atom is 0.338 e. The highest BCUT2D eigenvalue weighted by atomic mass is 35.5. The molecule has 2 aromatic carbocycles. The number of imide groups is 1. The van der Waals surface area contributed by atoms with Crippen molar-refractivity contribution in [3.63, 3.8) is 0 Å². The van der Waals surface area contributed by atoms with E-state index in [1.807, 2.05) is 0 Å². The number of nitrogens with zero attached hydrogens (tertiary/aromatic N) is 1. The van der Waals surface area contributed by atoms with E-state index in [0.29, 0.717) is 10.6 Å². The fourth-order valence-corrected chi connectivity index (χ4v) is 2.99. The van der Waals surface area contributed by atoms with Crippen LogP contribution in [0.2, 0.25) is 5.02 Å². The topological polar surface area (TPSA) is 80.8 Å². The first kappa shape index (κ1) is 19.8. The third kappa shape index (κ3) is 4.46. The van der Waals surface area contributed by atoms with Gasteiger partial charge in [0.2, 0.25) is 17.6 Å². The van der Waals surface area contributed by atoms with E-state index >= 15 is 0 Å². The number of carbonyl (C=O) groups excluding carboxylic acids is 4. The lowest BCUT2D eigenvalue weighted by Gasteiger charge is -2.15. The molecular weight excluding hydrogens is 382 g/mol. The van der Waals surface area contributed by atoms with Gasteiger partial charge in [0.25, 0.3) is 0 Å². The Hall–Kier alpha value is -2.99. The zero-order valence-electron chi connectivity index (χ0n) is 15.2. The molecule has 2 aromatic rings. The Kier molecular flexibility index (Phi) is 5.90. The number of ether oxygens (including phenoxy) is 1. The SMILES string of the molecule is C[C@@H](OC(=O)c1ccc(CN2C(=O)CCC2=O)cc1)C(=O)c1ccc(Cl)cc1. The van der Waals surface area contributed by atoms with Gasteiger partial charge in [0.1, 0.15) is 0 Å². The third-order valence-electron chi connectivity index (χ3n) is 4.47. The molecular formula is C21H18ClNO5. The predicted octanol–water partition coefficient (Wildman–Crippen LogP) is 3.42. The molecule has 1 aliphatic rings. The van der Waals surface area contributed by atoms with Gasteiger partial charge in [-0.3, -0.25) is 19.3 Å². The minimum atomic E-state index is -0.951. The fourth-order valence-electron chi connectivity index (χ4n) is 2.86. The zero-order valence-corrected chi connectivity index (χ0v) is 15.9. The highest BCUT2D eigenvalue weighted by Crippen LogP contribution is 2.17. The molecule has 3 rings (SSSR count). The van der Waals surface area contributed by atoms with Crippen LogP contribution in [0.4, 0.5) is 0 Å². The van der Waals surface area contributed by atoms with E-state index < -0.39 is 12.1 Å². The highest BCUT2D eigenvalue weighted by molar-refractivity contribution is 6.30. The van der Waals surface area contributed by atoms with Gasteiger partial charge < -0.3 is 4.74 Å². The molecule has 1 atom stereocenters. The number of rotatable bonds is 6. The monoisotopic (exact) mass is 399 g/mol. The van der Waals surface area contributed by atoms with E-state index in [-0.39, 0.29) is 42.5 Å². The molecule has 0 saturated carbocycles. The van der Waals surface area contributed by atoms with Crippen LogP contribution in [0.3, 0.4) is 0 Å². The van der Waals surface area contributed by atoms with E-state index in [0.717, 1.165) is 5.56 Å². The quantitative estimate of drug-likeness (QED) is 0.422. The van der Waals surface area contributed by atoms with Crippen LogP contribution in [-0.2, 0) is 20.9 Å². The smallest absolute Gasteiger partial charge is 0.338 e. The van der Waals surface area contributed by atoms with Crippen LogP contribution in [0, 0.1) is 0 Å². The Morgan fingerprint density at radius 2 is 1.50 bits per heavy atom. The van der Waals surface area contributed by atoms with Crippen LogP contribution < -0.4 is 0 Å². The summed E-state index contributed by atoms with van der Waals surface area (Å²) in [5.41, 5.74) is 1.41. The molecule has 1 heterocycles. The van der Waals surface area contributed by atoms with Crippen molar-refractivity contribution in [1.29, 1.82) is 0 Å². The molecule has 144 valence electrons. The lowest BCUT2D eigenvalue weighted by molar-refractivity contribution is -0.139. The minimum absolute atomic E-state index is 0.179. The van der Waals surface area contributed by atoms with Gasteiger partial charge in [-0.05, 0) is 48.9 Å². The Morgan fingerprint density at radius 1 is 0.964 bits per heavy atom. The first-order chi connectivity index (χ1) is 13.3. The summed E-state index contributed by atoms with van der Waals surface area (Å²) in [5, 5.41) is 0.513. The van der Waals surface area contributed by atoms with E-state index in [1.165, 1.54) is 11.8 Å². The van der Waals surface area contributed by atoms with E-state index in [1.54, 1.807) is 48.5 Å². The number of hydrogen-bond donors (Lipinski definition) is 0. The number of amides is 2. The zero-order chi connectivity index (χ0) is 20.3. The summed E-state index contributed by atoms with van der Waals surface area (Å²) >= 11 is 5.81. The number of Topliss-reactive ketones (excluding diaryl/α,β-unsaturated/α-hetero) is 1. The van der Waals surface area contributed by atoms with Gasteiger partial charge in [-0.15, -0.1) is 0 Å². The van der Waals surface area contributed by atoms with Crippen molar-refractivity contribution in [2.24, 2.45) is 0 Å². The lowest BCUT2D eigenvalue weighted by atomic mass is 10.1. The van der Waals surface area contributed by atoms with Gasteiger partial charge in [-0.1, -0.05) is 23.7 Å². The second-order valence-electron chi connectivity index (χ2n) is 6.49. The van der Waals surface area contributed by atoms with Gasteiger partial charge in [-0.2, -0.15) is 0 Å². The van der Waals surface area contributed by atoms with Gasteiger partial charge in [0.05, 0.1) is 12.1 Å². The Bertz CT molecular complexity index is 905. The molecule has 0 radical (unpaired) electrons. The number of hydrogen-bond acceptors (Lipinski definition) is 5. The molecule has 1 saturated heterocycles. The summed E-state index contributed by atoms with van der Waals surface area (Å²) in [4.78, 5) is 49.2. The van der Waals surface area contributed by atoms with Crippen LogP contribution in [0.1, 0.15) is 46.0 Å². The fraction of sp³-hybridized carbons (Fsp3) is 0.238. The van der Waals surface area contributed by atoms with Crippen LogP contribution in [0.25, 0.3) is 0 Å². The van der Waals surface area contributed by atoms with Gasteiger partial charge >= 0.3 is 5.97 Å². The van der Waals surface area contributed by atoms with Crippen LogP contribution >= 0.6 is 11.6 Å². The summed E-state index contributed by atoms with van der Waals surface area (Å²) in [6, 6.07) is 12.7. The molecule has 0 aliphatic carbocycles. The summed E-state index contributed by atoms with van der Waals surface area (Å²) in [5.74, 6) is -1.34. The number of benzene rings is 2. The number of halogens is 1. The Balaban J connectivity index is 1.61. The second kappa shape index (κ2) is 8.35. The molecule has 6 nitrogen and oxygen atoms in total. The molecule has 2 amide bonds. The van der Waals surface area contributed by atoms with Crippen molar-refractivity contribution < 1.29 is 23.9 Å². The van der Waals surface area contributed by atoms with Crippen LogP contribution in [-0.4, -0.2) is 34.6 Å². The standard InChI is InChI=1S/C21H18ClNO5/c1-13(20(26)15-6-8-17(22)9-7-15)28-21(27)16-4-2-14(3-5-16)12-23-18(24)10-11-19(23)25/h2-9,13H,10-12H2,1H3/t13-/m1/s1. The molecule has 1 fully saturated rings. The Morgan fingerprint density at radius 3 is 2.07 bits per heavy atom. The molecule has 0 bridgehead atoms. The maximum atomic E-state index is 12.3. The largest absolute Gasteiger partial charge is 0.451 e. The van der Waals surface area contributed by atoms with Crippen molar-refractivity contribution in [3.8, 4) is 0 Å². The summed E-state index contributed by atoms with van der Waals surface area (Å²) in [6.07, 6.45) is -0.473. The first-order valence-corrected chi connectivity index (χ1v) is 9.16. The lowest BCUT2D eigenvalue weighted by Crippen LogP contribution is -2.28. The number of ketones is 1. The van der Waals surface area contributed by atoms with E-state index in [9.17, 15) is 19.2 Å². The molecule has 0 unspecified atom stereocenters. The summed E-state index contributed by atoms with van der Waals surface area (Å²) < 4.78 is 5.25. The van der Waals surface area contributed by atoms with Crippen molar-refractivity contribution >= 4 is 35.2 Å². The van der Waals surface area contributed by atoms with Crippen LogP contribution in [0.15, 0.2) is 48.5 Å². The van der Waals surface area contributed by atoms with Crippen molar-refractivity contribution in [2.75, 3.05) is 0 Å². The van der Waals surface area contributed by atoms with E-state index in [4.69, 9.17) is 16.3 Å². The first-order valence-electron chi connectivity index (χ1n) is 8.78. The van der Waals surface area contributed by atoms with E-state index in [2.05, 4.69) is 0 Å². The number of likely N-dealkylation sites (tertiary alicyclic amines) is 1. The average molecular weight is 400 g/mol.